The molecule has 0 atom stereocenters. The van der Waals surface area contributed by atoms with Gasteiger partial charge >= 0.3 is 0 Å². The standard InChI is InChI=1S/C14H12Br2N2O2/c1-9-11(15)5-3-6-12(9)17-8-10-4-2-7-13(14(10)16)18(19)20/h2-7,17H,8H2,1H3. The number of nitrogens with zero attached hydrogens (tertiary/aromatic N) is 1. The van der Waals surface area contributed by atoms with E-state index in [1.165, 1.54) is 6.07 Å². The van der Waals surface area contributed by atoms with Crippen molar-refractivity contribution in [3.05, 3.63) is 66.6 Å². The van der Waals surface area contributed by atoms with Crippen molar-refractivity contribution >= 4 is 43.2 Å². The summed E-state index contributed by atoms with van der Waals surface area (Å²) in [6, 6.07) is 10.9. The van der Waals surface area contributed by atoms with Crippen LogP contribution < -0.4 is 5.32 Å². The lowest BCUT2D eigenvalue weighted by molar-refractivity contribution is -0.385. The molecule has 0 spiro atoms. The van der Waals surface area contributed by atoms with Crippen LogP contribution in [0.1, 0.15) is 11.1 Å². The van der Waals surface area contributed by atoms with E-state index < -0.39 is 4.92 Å². The third-order valence-electron chi connectivity index (χ3n) is 2.99. The third-order valence-corrected chi connectivity index (χ3v) is 4.77. The molecule has 20 heavy (non-hydrogen) atoms. The van der Waals surface area contributed by atoms with E-state index in [1.54, 1.807) is 6.07 Å². The Morgan fingerprint density at radius 1 is 1.20 bits per heavy atom. The van der Waals surface area contributed by atoms with Crippen LogP contribution in [-0.4, -0.2) is 4.92 Å². The molecule has 0 radical (unpaired) electrons. The van der Waals surface area contributed by atoms with Gasteiger partial charge in [0.1, 0.15) is 4.47 Å². The van der Waals surface area contributed by atoms with Gasteiger partial charge < -0.3 is 5.32 Å². The zero-order valence-electron chi connectivity index (χ0n) is 10.7. The molecular formula is C14H12Br2N2O2. The summed E-state index contributed by atoms with van der Waals surface area (Å²) in [6.45, 7) is 2.52. The van der Waals surface area contributed by atoms with Crippen LogP contribution >= 0.6 is 31.9 Å². The van der Waals surface area contributed by atoms with E-state index in [4.69, 9.17) is 0 Å². The maximum Gasteiger partial charge on any atom is 0.283 e. The fourth-order valence-corrected chi connectivity index (χ4v) is 2.75. The second kappa shape index (κ2) is 6.37. The third kappa shape index (κ3) is 3.19. The molecule has 6 heteroatoms. The first kappa shape index (κ1) is 15.0. The van der Waals surface area contributed by atoms with Gasteiger partial charge in [-0.3, -0.25) is 10.1 Å². The fourth-order valence-electron chi connectivity index (χ4n) is 1.83. The van der Waals surface area contributed by atoms with Gasteiger partial charge in [0.15, 0.2) is 0 Å². The van der Waals surface area contributed by atoms with Crippen LogP contribution in [-0.2, 0) is 6.54 Å². The molecule has 0 amide bonds. The predicted molar refractivity (Wildman–Crippen MR) is 87.0 cm³/mol. The summed E-state index contributed by atoms with van der Waals surface area (Å²) in [5, 5.41) is 14.2. The Morgan fingerprint density at radius 3 is 2.60 bits per heavy atom. The summed E-state index contributed by atoms with van der Waals surface area (Å²) < 4.78 is 1.55. The Balaban J connectivity index is 2.21. The molecule has 0 unspecified atom stereocenters. The molecule has 2 aromatic carbocycles. The topological polar surface area (TPSA) is 55.2 Å². The average Bonchev–Trinajstić information content (AvgIpc) is 2.41. The van der Waals surface area contributed by atoms with Crippen LogP contribution in [0.5, 0.6) is 0 Å². The van der Waals surface area contributed by atoms with Crippen molar-refractivity contribution in [2.75, 3.05) is 5.32 Å². The number of hydrogen-bond donors (Lipinski definition) is 1. The molecule has 4 nitrogen and oxygen atoms in total. The van der Waals surface area contributed by atoms with Crippen LogP contribution in [0.2, 0.25) is 0 Å². The zero-order valence-corrected chi connectivity index (χ0v) is 13.9. The Morgan fingerprint density at radius 2 is 1.90 bits per heavy atom. The molecule has 2 rings (SSSR count). The van der Waals surface area contributed by atoms with E-state index in [-0.39, 0.29) is 5.69 Å². The smallest absolute Gasteiger partial charge is 0.283 e. The Bertz CT molecular complexity index is 660. The number of nitro benzene ring substituents is 1. The SMILES string of the molecule is Cc1c(Br)cccc1NCc1cccc([N+](=O)[O-])c1Br. The highest BCUT2D eigenvalue weighted by atomic mass is 79.9. The van der Waals surface area contributed by atoms with Crippen molar-refractivity contribution in [3.63, 3.8) is 0 Å². The average molecular weight is 400 g/mol. The highest BCUT2D eigenvalue weighted by Crippen LogP contribution is 2.29. The molecule has 0 aromatic heterocycles. The normalized spacial score (nSPS) is 10.3. The van der Waals surface area contributed by atoms with Crippen LogP contribution in [0.25, 0.3) is 0 Å². The summed E-state index contributed by atoms with van der Waals surface area (Å²) in [6.07, 6.45) is 0. The molecule has 0 saturated carbocycles. The summed E-state index contributed by atoms with van der Waals surface area (Å²) in [4.78, 5) is 10.5. The molecule has 0 aliphatic heterocycles. The van der Waals surface area contributed by atoms with Crippen LogP contribution in [0, 0.1) is 17.0 Å². The van der Waals surface area contributed by atoms with E-state index in [1.807, 2.05) is 31.2 Å². The molecule has 0 fully saturated rings. The maximum atomic E-state index is 10.9. The minimum Gasteiger partial charge on any atom is -0.381 e. The molecule has 0 bridgehead atoms. The van der Waals surface area contributed by atoms with Crippen molar-refractivity contribution < 1.29 is 4.92 Å². The predicted octanol–water partition coefficient (Wildman–Crippen LogP) is 5.04. The van der Waals surface area contributed by atoms with Crippen molar-refractivity contribution in [2.45, 2.75) is 13.5 Å². The van der Waals surface area contributed by atoms with E-state index in [2.05, 4.69) is 37.2 Å². The van der Waals surface area contributed by atoms with Gasteiger partial charge in [0.2, 0.25) is 0 Å². The maximum absolute atomic E-state index is 10.9. The van der Waals surface area contributed by atoms with E-state index in [9.17, 15) is 10.1 Å². The Hall–Kier alpha value is -1.40. The van der Waals surface area contributed by atoms with Crippen molar-refractivity contribution in [1.82, 2.24) is 0 Å². The summed E-state index contributed by atoms with van der Waals surface area (Å²) >= 11 is 6.78. The van der Waals surface area contributed by atoms with E-state index in [0.717, 1.165) is 21.3 Å². The van der Waals surface area contributed by atoms with Gasteiger partial charge in [0.25, 0.3) is 5.69 Å². The molecule has 0 saturated heterocycles. The summed E-state index contributed by atoms with van der Waals surface area (Å²) in [5.74, 6) is 0. The molecular weight excluding hydrogens is 388 g/mol. The van der Waals surface area contributed by atoms with Gasteiger partial charge in [-0.15, -0.1) is 0 Å². The number of benzene rings is 2. The van der Waals surface area contributed by atoms with E-state index >= 15 is 0 Å². The van der Waals surface area contributed by atoms with Gasteiger partial charge in [0, 0.05) is 22.8 Å². The van der Waals surface area contributed by atoms with Gasteiger partial charge in [0.05, 0.1) is 4.92 Å². The lowest BCUT2D eigenvalue weighted by atomic mass is 10.1. The Labute approximate surface area is 133 Å². The van der Waals surface area contributed by atoms with Gasteiger partial charge in [-0.1, -0.05) is 34.1 Å². The molecule has 1 N–H and O–H groups in total. The number of rotatable bonds is 4. The molecule has 0 aliphatic carbocycles. The largest absolute Gasteiger partial charge is 0.381 e. The van der Waals surface area contributed by atoms with Crippen LogP contribution in [0.15, 0.2) is 45.3 Å². The van der Waals surface area contributed by atoms with Crippen molar-refractivity contribution in [3.8, 4) is 0 Å². The molecule has 104 valence electrons. The monoisotopic (exact) mass is 398 g/mol. The minimum atomic E-state index is -0.391. The van der Waals surface area contributed by atoms with Gasteiger partial charge in [-0.2, -0.15) is 0 Å². The van der Waals surface area contributed by atoms with Crippen molar-refractivity contribution in [1.29, 1.82) is 0 Å². The molecule has 2 aromatic rings. The van der Waals surface area contributed by atoms with Gasteiger partial charge in [-0.05, 0) is 46.1 Å². The molecule has 0 aliphatic rings. The lowest BCUT2D eigenvalue weighted by Gasteiger charge is -2.11. The zero-order chi connectivity index (χ0) is 14.7. The minimum absolute atomic E-state index is 0.0789. The highest BCUT2D eigenvalue weighted by Gasteiger charge is 2.14. The second-order valence-corrected chi connectivity index (χ2v) is 5.92. The van der Waals surface area contributed by atoms with Crippen LogP contribution in [0.3, 0.4) is 0 Å². The fraction of sp³-hybridized carbons (Fsp3) is 0.143. The first-order valence-electron chi connectivity index (χ1n) is 5.91. The highest BCUT2D eigenvalue weighted by molar-refractivity contribution is 9.11. The first-order valence-corrected chi connectivity index (χ1v) is 7.50. The molecule has 0 heterocycles. The van der Waals surface area contributed by atoms with E-state index in [0.29, 0.717) is 11.0 Å². The summed E-state index contributed by atoms with van der Waals surface area (Å²) in [7, 11) is 0. The van der Waals surface area contributed by atoms with Crippen LogP contribution in [0.4, 0.5) is 11.4 Å². The first-order chi connectivity index (χ1) is 9.50. The van der Waals surface area contributed by atoms with Gasteiger partial charge in [-0.25, -0.2) is 0 Å². The number of halogens is 2. The summed E-state index contributed by atoms with van der Waals surface area (Å²) in [5.41, 5.74) is 3.03. The number of nitro groups is 1. The number of anilines is 1. The Kier molecular flexibility index (Phi) is 4.77. The quantitative estimate of drug-likeness (QED) is 0.578. The number of nitrogens with one attached hydrogen (secondary N) is 1. The second-order valence-electron chi connectivity index (χ2n) is 4.27. The lowest BCUT2D eigenvalue weighted by Crippen LogP contribution is -2.03. The van der Waals surface area contributed by atoms with Crippen molar-refractivity contribution in [2.24, 2.45) is 0 Å². The number of hydrogen-bond acceptors (Lipinski definition) is 3.